The smallest absolute Gasteiger partial charge is 0.255 e. The number of rotatable bonds is 2. The molecule has 3 aromatic rings. The van der Waals surface area contributed by atoms with Crippen molar-refractivity contribution in [1.82, 2.24) is 9.97 Å². The molecular formula is C22H23N3O. The standard InChI is InChI=1S/C22H23N3O/c1-14-12-16(10-11-22(3,4)5)6-8-18(14)21(26)25-17-7-9-19-20(13-17)24-15(2)23-19/h6-9,12-13H,1-5H3,(H,23,24)(H,25,26). The number of carbonyl (C=O) groups is 1. The highest BCUT2D eigenvalue weighted by Crippen LogP contribution is 2.19. The number of H-pyrrole nitrogens is 1. The molecule has 0 saturated heterocycles. The molecule has 0 saturated carbocycles. The average Bonchev–Trinajstić information content (AvgIpc) is 2.91. The van der Waals surface area contributed by atoms with Crippen molar-refractivity contribution in [2.45, 2.75) is 34.6 Å². The van der Waals surface area contributed by atoms with Crippen LogP contribution in [-0.4, -0.2) is 15.9 Å². The number of carbonyl (C=O) groups excluding carboxylic acids is 1. The van der Waals surface area contributed by atoms with Gasteiger partial charge in [0.1, 0.15) is 5.82 Å². The van der Waals surface area contributed by atoms with Gasteiger partial charge < -0.3 is 10.3 Å². The predicted octanol–water partition coefficient (Wildman–Crippen LogP) is 4.83. The Kier molecular flexibility index (Phi) is 4.56. The van der Waals surface area contributed by atoms with Crippen LogP contribution in [0, 0.1) is 31.1 Å². The monoisotopic (exact) mass is 345 g/mol. The zero-order chi connectivity index (χ0) is 18.9. The molecule has 0 atom stereocenters. The van der Waals surface area contributed by atoms with Crippen LogP contribution in [0.5, 0.6) is 0 Å². The molecule has 0 fully saturated rings. The maximum atomic E-state index is 12.6. The first kappa shape index (κ1) is 17.8. The van der Waals surface area contributed by atoms with E-state index < -0.39 is 0 Å². The van der Waals surface area contributed by atoms with Crippen molar-refractivity contribution in [3.63, 3.8) is 0 Å². The Morgan fingerprint density at radius 1 is 1.12 bits per heavy atom. The van der Waals surface area contributed by atoms with Gasteiger partial charge in [-0.15, -0.1) is 0 Å². The van der Waals surface area contributed by atoms with E-state index in [0.717, 1.165) is 33.7 Å². The zero-order valence-electron chi connectivity index (χ0n) is 15.8. The molecule has 2 N–H and O–H groups in total. The van der Waals surface area contributed by atoms with Crippen molar-refractivity contribution in [1.29, 1.82) is 0 Å². The van der Waals surface area contributed by atoms with E-state index in [4.69, 9.17) is 0 Å². The number of aromatic amines is 1. The van der Waals surface area contributed by atoms with Gasteiger partial charge in [-0.1, -0.05) is 11.8 Å². The average molecular weight is 345 g/mol. The molecule has 0 spiro atoms. The van der Waals surface area contributed by atoms with Crippen LogP contribution >= 0.6 is 0 Å². The molecule has 0 unspecified atom stereocenters. The summed E-state index contributed by atoms with van der Waals surface area (Å²) in [4.78, 5) is 20.2. The first-order valence-electron chi connectivity index (χ1n) is 8.63. The first-order chi connectivity index (χ1) is 12.2. The lowest BCUT2D eigenvalue weighted by Gasteiger charge is -2.09. The van der Waals surface area contributed by atoms with E-state index >= 15 is 0 Å². The van der Waals surface area contributed by atoms with Gasteiger partial charge in [-0.05, 0) is 76.6 Å². The molecule has 0 aliphatic rings. The van der Waals surface area contributed by atoms with Gasteiger partial charge in [0.25, 0.3) is 5.91 Å². The number of aryl methyl sites for hydroxylation is 2. The molecule has 0 radical (unpaired) electrons. The first-order valence-corrected chi connectivity index (χ1v) is 8.63. The highest BCUT2D eigenvalue weighted by atomic mass is 16.1. The van der Waals surface area contributed by atoms with Crippen molar-refractivity contribution in [2.75, 3.05) is 5.32 Å². The molecule has 2 aromatic carbocycles. The van der Waals surface area contributed by atoms with Crippen molar-refractivity contribution in [3.8, 4) is 11.8 Å². The largest absolute Gasteiger partial charge is 0.342 e. The normalized spacial score (nSPS) is 11.1. The van der Waals surface area contributed by atoms with Crippen LogP contribution < -0.4 is 5.32 Å². The van der Waals surface area contributed by atoms with E-state index in [-0.39, 0.29) is 11.3 Å². The molecule has 0 bridgehead atoms. The van der Waals surface area contributed by atoms with E-state index in [1.807, 2.05) is 50.2 Å². The third kappa shape index (κ3) is 4.12. The van der Waals surface area contributed by atoms with Crippen LogP contribution in [0.4, 0.5) is 5.69 Å². The number of fused-ring (bicyclic) bond motifs is 1. The van der Waals surface area contributed by atoms with E-state index in [9.17, 15) is 4.79 Å². The molecule has 0 aliphatic carbocycles. The molecule has 132 valence electrons. The van der Waals surface area contributed by atoms with Gasteiger partial charge in [-0.2, -0.15) is 0 Å². The molecule has 4 nitrogen and oxygen atoms in total. The predicted molar refractivity (Wildman–Crippen MR) is 106 cm³/mol. The maximum Gasteiger partial charge on any atom is 0.255 e. The number of imidazole rings is 1. The van der Waals surface area contributed by atoms with Crippen LogP contribution in [-0.2, 0) is 0 Å². The van der Waals surface area contributed by atoms with Gasteiger partial charge in [0.05, 0.1) is 11.0 Å². The number of hydrogen-bond donors (Lipinski definition) is 2. The maximum absolute atomic E-state index is 12.6. The van der Waals surface area contributed by atoms with Gasteiger partial charge >= 0.3 is 0 Å². The summed E-state index contributed by atoms with van der Waals surface area (Å²) in [6.07, 6.45) is 0. The quantitative estimate of drug-likeness (QED) is 0.654. The fourth-order valence-corrected chi connectivity index (χ4v) is 2.67. The third-order valence-corrected chi connectivity index (χ3v) is 3.91. The summed E-state index contributed by atoms with van der Waals surface area (Å²) < 4.78 is 0. The van der Waals surface area contributed by atoms with E-state index in [1.54, 1.807) is 0 Å². The van der Waals surface area contributed by atoms with Crippen LogP contribution in [0.15, 0.2) is 36.4 Å². The topological polar surface area (TPSA) is 57.8 Å². The number of amides is 1. The number of anilines is 1. The molecular weight excluding hydrogens is 322 g/mol. The molecule has 0 aliphatic heterocycles. The van der Waals surface area contributed by atoms with E-state index in [2.05, 4.69) is 47.9 Å². The van der Waals surface area contributed by atoms with Gasteiger partial charge in [-0.3, -0.25) is 4.79 Å². The van der Waals surface area contributed by atoms with E-state index in [1.165, 1.54) is 0 Å². The molecule has 1 heterocycles. The van der Waals surface area contributed by atoms with Gasteiger partial charge in [0.2, 0.25) is 0 Å². The Bertz CT molecular complexity index is 1040. The Labute approximate surface area is 154 Å². The molecule has 1 amide bonds. The lowest BCUT2D eigenvalue weighted by atomic mass is 9.97. The Balaban J connectivity index is 1.81. The van der Waals surface area contributed by atoms with E-state index in [0.29, 0.717) is 5.56 Å². The fraction of sp³-hybridized carbons (Fsp3) is 0.273. The molecule has 26 heavy (non-hydrogen) atoms. The van der Waals surface area contributed by atoms with Crippen molar-refractivity contribution in [2.24, 2.45) is 5.41 Å². The second-order valence-electron chi connectivity index (χ2n) is 7.54. The second kappa shape index (κ2) is 6.68. The van der Waals surface area contributed by atoms with Gasteiger partial charge in [-0.25, -0.2) is 4.98 Å². The molecule has 1 aromatic heterocycles. The lowest BCUT2D eigenvalue weighted by Crippen LogP contribution is -2.13. The van der Waals surface area contributed by atoms with Crippen molar-refractivity contribution >= 4 is 22.6 Å². The Hall–Kier alpha value is -3.06. The fourth-order valence-electron chi connectivity index (χ4n) is 2.67. The highest BCUT2D eigenvalue weighted by Gasteiger charge is 2.11. The summed E-state index contributed by atoms with van der Waals surface area (Å²) in [7, 11) is 0. The number of aromatic nitrogens is 2. The molecule has 4 heteroatoms. The van der Waals surface area contributed by atoms with Crippen LogP contribution in [0.25, 0.3) is 11.0 Å². The summed E-state index contributed by atoms with van der Waals surface area (Å²) in [6.45, 7) is 10.1. The highest BCUT2D eigenvalue weighted by molar-refractivity contribution is 6.06. The van der Waals surface area contributed by atoms with Crippen molar-refractivity contribution in [3.05, 3.63) is 58.9 Å². The second-order valence-corrected chi connectivity index (χ2v) is 7.54. The minimum atomic E-state index is -0.135. The summed E-state index contributed by atoms with van der Waals surface area (Å²) in [5.41, 5.74) is 4.94. The van der Waals surface area contributed by atoms with Crippen LogP contribution in [0.1, 0.15) is 48.1 Å². The van der Waals surface area contributed by atoms with Crippen LogP contribution in [0.2, 0.25) is 0 Å². The third-order valence-electron chi connectivity index (χ3n) is 3.91. The number of benzene rings is 2. The minimum Gasteiger partial charge on any atom is -0.342 e. The Morgan fingerprint density at radius 3 is 2.58 bits per heavy atom. The van der Waals surface area contributed by atoms with Crippen LogP contribution in [0.3, 0.4) is 0 Å². The zero-order valence-corrected chi connectivity index (χ0v) is 15.8. The Morgan fingerprint density at radius 2 is 1.88 bits per heavy atom. The number of hydrogen-bond acceptors (Lipinski definition) is 2. The summed E-state index contributed by atoms with van der Waals surface area (Å²) in [5, 5.41) is 2.95. The molecule has 3 rings (SSSR count). The summed E-state index contributed by atoms with van der Waals surface area (Å²) in [6, 6.07) is 11.3. The summed E-state index contributed by atoms with van der Waals surface area (Å²) in [5.74, 6) is 7.10. The summed E-state index contributed by atoms with van der Waals surface area (Å²) >= 11 is 0. The minimum absolute atomic E-state index is 0.0484. The van der Waals surface area contributed by atoms with Crippen molar-refractivity contribution < 1.29 is 4.79 Å². The SMILES string of the molecule is Cc1nc2cc(NC(=O)c3ccc(C#CC(C)(C)C)cc3C)ccc2[nH]1. The number of nitrogens with one attached hydrogen (secondary N) is 2. The number of nitrogens with zero attached hydrogens (tertiary/aromatic N) is 1. The van der Waals surface area contributed by atoms with Gasteiger partial charge in [0, 0.05) is 22.2 Å². The lowest BCUT2D eigenvalue weighted by molar-refractivity contribution is 0.102. The van der Waals surface area contributed by atoms with Gasteiger partial charge in [0.15, 0.2) is 0 Å².